The summed E-state index contributed by atoms with van der Waals surface area (Å²) in [6.07, 6.45) is 0.752. The highest BCUT2D eigenvalue weighted by Crippen LogP contribution is 2.32. The van der Waals surface area contributed by atoms with Gasteiger partial charge in [0.25, 0.3) is 0 Å². The third-order valence-corrected chi connectivity index (χ3v) is 4.69. The van der Waals surface area contributed by atoms with E-state index < -0.39 is 8.07 Å². The molecule has 1 heterocycles. The third kappa shape index (κ3) is 3.48. The van der Waals surface area contributed by atoms with Gasteiger partial charge in [-0.3, -0.25) is 10.2 Å². The predicted molar refractivity (Wildman–Crippen MR) is 79.4 cm³/mol. The van der Waals surface area contributed by atoms with E-state index in [1.165, 1.54) is 5.12 Å². The van der Waals surface area contributed by atoms with Gasteiger partial charge >= 0.3 is 0 Å². The number of hydrogen-bond acceptors (Lipinski definition) is 4. The predicted octanol–water partition coefficient (Wildman–Crippen LogP) is 2.52. The Balaban J connectivity index is 1.93. The van der Waals surface area contributed by atoms with E-state index in [0.717, 1.165) is 30.4 Å². The number of rotatable bonds is 6. The summed E-state index contributed by atoms with van der Waals surface area (Å²) in [4.78, 5) is 11.1. The van der Waals surface area contributed by atoms with Crippen LogP contribution in [0.15, 0.2) is 24.3 Å². The topological polar surface area (TPSA) is 44.8 Å². The fraction of sp³-hybridized carbons (Fsp3) is 0.462. The highest BCUT2D eigenvalue weighted by Gasteiger charge is 2.25. The Bertz CT molecular complexity index is 448. The minimum absolute atomic E-state index is 0.382. The Hall–Kier alpha value is -1.53. The zero-order valence-corrected chi connectivity index (χ0v) is 12.7. The highest BCUT2D eigenvalue weighted by atomic mass is 28.3. The molecule has 0 radical (unpaired) electrons. The van der Waals surface area contributed by atoms with Gasteiger partial charge < -0.3 is 4.74 Å². The fourth-order valence-corrected chi connectivity index (χ4v) is 2.59. The number of carbonyl (C=O) groups is 1. The Morgan fingerprint density at radius 1 is 1.32 bits per heavy atom. The molecular weight excluding hydrogens is 258 g/mol. The highest BCUT2D eigenvalue weighted by molar-refractivity contribution is 6.76. The van der Waals surface area contributed by atoms with Gasteiger partial charge in [0, 0.05) is 14.7 Å². The van der Waals surface area contributed by atoms with Crippen molar-refractivity contribution in [2.24, 2.45) is 0 Å². The molecule has 0 aliphatic carbocycles. The quantitative estimate of drug-likeness (QED) is 0.494. The number of amides is 1. The van der Waals surface area contributed by atoms with Crippen molar-refractivity contribution in [3.8, 4) is 0 Å². The van der Waals surface area contributed by atoms with Crippen LogP contribution in [0.4, 0.5) is 11.4 Å². The SMILES string of the molecule is C[Si](C)(C)CCOCN1c2ccccc2NN1C=O. The number of fused-ring (bicyclic) bond motifs is 1. The maximum absolute atomic E-state index is 11.1. The van der Waals surface area contributed by atoms with Crippen LogP contribution in [-0.2, 0) is 9.53 Å². The minimum Gasteiger partial charge on any atom is -0.360 e. The molecule has 0 fully saturated rings. The summed E-state index contributed by atoms with van der Waals surface area (Å²) in [6.45, 7) is 8.08. The summed E-state index contributed by atoms with van der Waals surface area (Å²) in [5.74, 6) is 0. The number of hydrogen-bond donors (Lipinski definition) is 1. The van der Waals surface area contributed by atoms with Crippen molar-refractivity contribution in [1.82, 2.24) is 5.12 Å². The van der Waals surface area contributed by atoms with Crippen molar-refractivity contribution < 1.29 is 9.53 Å². The molecule has 1 aromatic carbocycles. The monoisotopic (exact) mass is 279 g/mol. The molecule has 6 heteroatoms. The molecule has 0 aromatic heterocycles. The molecule has 0 saturated carbocycles. The van der Waals surface area contributed by atoms with E-state index in [4.69, 9.17) is 4.74 Å². The average molecular weight is 279 g/mol. The van der Waals surface area contributed by atoms with Crippen molar-refractivity contribution in [3.63, 3.8) is 0 Å². The number of anilines is 2. The van der Waals surface area contributed by atoms with E-state index >= 15 is 0 Å². The van der Waals surface area contributed by atoms with Gasteiger partial charge in [0.15, 0.2) is 0 Å². The Labute approximate surface area is 115 Å². The third-order valence-electron chi connectivity index (χ3n) is 2.99. The number of carbonyl (C=O) groups excluding carboxylic acids is 1. The van der Waals surface area contributed by atoms with Crippen molar-refractivity contribution in [2.45, 2.75) is 25.7 Å². The van der Waals surface area contributed by atoms with Gasteiger partial charge in [0.2, 0.25) is 6.41 Å². The molecular formula is C13H21N3O2Si. The first-order valence-corrected chi connectivity index (χ1v) is 10.2. The zero-order chi connectivity index (χ0) is 13.9. The maximum atomic E-state index is 11.1. The van der Waals surface area contributed by atoms with Crippen LogP contribution >= 0.6 is 0 Å². The lowest BCUT2D eigenvalue weighted by atomic mass is 10.3. The number of nitrogens with zero attached hydrogens (tertiary/aromatic N) is 2. The van der Waals surface area contributed by atoms with Crippen LogP contribution < -0.4 is 10.4 Å². The number of benzene rings is 1. The Morgan fingerprint density at radius 2 is 2.05 bits per heavy atom. The second-order valence-corrected chi connectivity index (χ2v) is 11.4. The molecule has 1 amide bonds. The summed E-state index contributed by atoms with van der Waals surface area (Å²) in [7, 11) is -1.07. The fourth-order valence-electron chi connectivity index (χ4n) is 1.84. The van der Waals surface area contributed by atoms with Crippen molar-refractivity contribution in [2.75, 3.05) is 23.8 Å². The standard InChI is InChI=1S/C13H21N3O2Si/c1-19(2,3)9-8-18-11-15-13-7-5-4-6-12(13)14-16(15)10-17/h4-7,10,14H,8-9,11H2,1-3H3. The molecule has 0 bridgehead atoms. The number of hydrazine groups is 2. The number of nitrogens with one attached hydrogen (secondary N) is 1. The molecule has 0 atom stereocenters. The van der Waals surface area contributed by atoms with Crippen molar-refractivity contribution in [1.29, 1.82) is 0 Å². The summed E-state index contributed by atoms with van der Waals surface area (Å²) >= 11 is 0. The van der Waals surface area contributed by atoms with Crippen LogP contribution in [0.2, 0.25) is 25.7 Å². The van der Waals surface area contributed by atoms with Gasteiger partial charge in [-0.1, -0.05) is 31.8 Å². The second kappa shape index (κ2) is 5.62. The van der Waals surface area contributed by atoms with Gasteiger partial charge in [-0.15, -0.1) is 0 Å². The molecule has 19 heavy (non-hydrogen) atoms. The first-order valence-electron chi connectivity index (χ1n) is 6.47. The number of ether oxygens (including phenoxy) is 1. The van der Waals surface area contributed by atoms with Crippen LogP contribution in [0.5, 0.6) is 0 Å². The van der Waals surface area contributed by atoms with Gasteiger partial charge in [0.1, 0.15) is 6.73 Å². The van der Waals surface area contributed by atoms with E-state index in [-0.39, 0.29) is 0 Å². The van der Waals surface area contributed by atoms with E-state index in [0.29, 0.717) is 6.73 Å². The molecule has 104 valence electrons. The Morgan fingerprint density at radius 3 is 2.74 bits per heavy atom. The summed E-state index contributed by atoms with van der Waals surface area (Å²) < 4.78 is 5.70. The smallest absolute Gasteiger partial charge is 0.248 e. The average Bonchev–Trinajstić information content (AvgIpc) is 2.71. The van der Waals surface area contributed by atoms with Crippen LogP contribution in [0, 0.1) is 0 Å². The van der Waals surface area contributed by atoms with Crippen LogP contribution in [0.3, 0.4) is 0 Å². The van der Waals surface area contributed by atoms with Gasteiger partial charge in [0.05, 0.1) is 11.4 Å². The van der Waals surface area contributed by atoms with E-state index in [1.54, 1.807) is 5.01 Å². The minimum atomic E-state index is -1.07. The second-order valence-electron chi connectivity index (χ2n) is 5.83. The van der Waals surface area contributed by atoms with Crippen LogP contribution in [-0.4, -0.2) is 32.9 Å². The molecule has 1 aliphatic heterocycles. The van der Waals surface area contributed by atoms with E-state index in [1.807, 2.05) is 24.3 Å². The van der Waals surface area contributed by atoms with Crippen molar-refractivity contribution in [3.05, 3.63) is 24.3 Å². The Kier molecular flexibility index (Phi) is 4.11. The normalized spacial score (nSPS) is 14.3. The zero-order valence-electron chi connectivity index (χ0n) is 11.7. The molecule has 0 unspecified atom stereocenters. The lowest BCUT2D eigenvalue weighted by Gasteiger charge is -2.25. The molecule has 0 saturated heterocycles. The molecule has 1 aromatic rings. The lowest BCUT2D eigenvalue weighted by Crippen LogP contribution is -2.42. The van der Waals surface area contributed by atoms with Gasteiger partial charge in [-0.2, -0.15) is 5.12 Å². The first-order chi connectivity index (χ1) is 9.01. The van der Waals surface area contributed by atoms with Crippen molar-refractivity contribution >= 4 is 25.9 Å². The van der Waals surface area contributed by atoms with Gasteiger partial charge in [-0.05, 0) is 18.2 Å². The largest absolute Gasteiger partial charge is 0.360 e. The van der Waals surface area contributed by atoms with Gasteiger partial charge in [-0.25, -0.2) is 5.01 Å². The summed E-state index contributed by atoms with van der Waals surface area (Å²) in [5, 5.41) is 3.21. The van der Waals surface area contributed by atoms with Crippen LogP contribution in [0.1, 0.15) is 0 Å². The van der Waals surface area contributed by atoms with E-state index in [2.05, 4.69) is 25.1 Å². The van der Waals surface area contributed by atoms with Crippen LogP contribution in [0.25, 0.3) is 0 Å². The molecule has 2 rings (SSSR count). The summed E-state index contributed by atoms with van der Waals surface area (Å²) in [6, 6.07) is 8.91. The maximum Gasteiger partial charge on any atom is 0.248 e. The molecule has 5 nitrogen and oxygen atoms in total. The molecule has 0 spiro atoms. The number of para-hydroxylation sites is 2. The van der Waals surface area contributed by atoms with E-state index in [9.17, 15) is 4.79 Å². The lowest BCUT2D eigenvalue weighted by molar-refractivity contribution is -0.118. The summed E-state index contributed by atoms with van der Waals surface area (Å²) in [5.41, 5.74) is 4.89. The molecule has 1 N–H and O–H groups in total. The molecule has 1 aliphatic rings. The first kappa shape index (κ1) is 13.9.